The van der Waals surface area contributed by atoms with Crippen molar-refractivity contribution in [3.8, 4) is 0 Å². The van der Waals surface area contributed by atoms with E-state index in [4.69, 9.17) is 0 Å². The molecule has 2 fully saturated rings. The first-order chi connectivity index (χ1) is 11.7. The van der Waals surface area contributed by atoms with Crippen molar-refractivity contribution in [2.45, 2.75) is 42.7 Å². The van der Waals surface area contributed by atoms with Gasteiger partial charge in [-0.05, 0) is 82.9 Å². The van der Waals surface area contributed by atoms with Crippen molar-refractivity contribution in [1.29, 1.82) is 0 Å². The number of likely N-dealkylation sites (tertiary alicyclic amines) is 2. The van der Waals surface area contributed by atoms with Gasteiger partial charge < -0.3 is 10.2 Å². The highest BCUT2D eigenvalue weighted by atomic mass is 32.2. The second-order valence-corrected chi connectivity index (χ2v) is 7.95. The standard InChI is InChI=1S/C19H29N3OS/c1-21-12-9-17(10-13-21)22-11-3-4-16(14-22)20-19(23)15-5-7-18(24-2)8-6-15/h5-8,16-17H,3-4,9-14H2,1-2H3,(H,20,23). The average Bonchev–Trinajstić information content (AvgIpc) is 2.62. The van der Waals surface area contributed by atoms with Crippen molar-refractivity contribution >= 4 is 17.7 Å². The van der Waals surface area contributed by atoms with Crippen LogP contribution in [-0.4, -0.2) is 67.3 Å². The van der Waals surface area contributed by atoms with Gasteiger partial charge in [-0.25, -0.2) is 0 Å². The number of benzene rings is 1. The van der Waals surface area contributed by atoms with Crippen LogP contribution in [-0.2, 0) is 0 Å². The van der Waals surface area contributed by atoms with Gasteiger partial charge in [-0.2, -0.15) is 0 Å². The highest BCUT2D eigenvalue weighted by Crippen LogP contribution is 2.21. The molecule has 2 aliphatic rings. The average molecular weight is 348 g/mol. The van der Waals surface area contributed by atoms with Gasteiger partial charge in [-0.15, -0.1) is 11.8 Å². The first-order valence-corrected chi connectivity index (χ1v) is 10.3. The number of piperidine rings is 2. The number of carbonyl (C=O) groups excluding carboxylic acids is 1. The fraction of sp³-hybridized carbons (Fsp3) is 0.632. The lowest BCUT2D eigenvalue weighted by Crippen LogP contribution is -2.53. The van der Waals surface area contributed by atoms with Crippen molar-refractivity contribution in [2.75, 3.05) is 39.5 Å². The minimum atomic E-state index is 0.0675. The maximum Gasteiger partial charge on any atom is 0.251 e. The summed E-state index contributed by atoms with van der Waals surface area (Å²) in [4.78, 5) is 18.7. The Kier molecular flexibility index (Phi) is 6.19. The molecule has 2 saturated heterocycles. The molecule has 132 valence electrons. The Bertz CT molecular complexity index is 540. The smallest absolute Gasteiger partial charge is 0.251 e. The number of thioether (sulfide) groups is 1. The fourth-order valence-corrected chi connectivity index (χ4v) is 4.24. The Hall–Kier alpha value is -1.04. The van der Waals surface area contributed by atoms with Gasteiger partial charge in [-0.3, -0.25) is 9.69 Å². The maximum absolute atomic E-state index is 12.5. The van der Waals surface area contributed by atoms with E-state index >= 15 is 0 Å². The lowest BCUT2D eigenvalue weighted by Gasteiger charge is -2.41. The molecule has 1 aromatic rings. The van der Waals surface area contributed by atoms with Crippen LogP contribution in [0.1, 0.15) is 36.0 Å². The van der Waals surface area contributed by atoms with Gasteiger partial charge in [-0.1, -0.05) is 0 Å². The monoisotopic (exact) mass is 347 g/mol. The van der Waals surface area contributed by atoms with E-state index in [-0.39, 0.29) is 11.9 Å². The van der Waals surface area contributed by atoms with Gasteiger partial charge in [0.05, 0.1) is 0 Å². The number of rotatable bonds is 4. The molecule has 1 atom stereocenters. The van der Waals surface area contributed by atoms with E-state index in [0.29, 0.717) is 6.04 Å². The van der Waals surface area contributed by atoms with E-state index in [2.05, 4.69) is 28.4 Å². The van der Waals surface area contributed by atoms with Crippen LogP contribution in [0.3, 0.4) is 0 Å². The third-order valence-electron chi connectivity index (χ3n) is 5.34. The molecular formula is C19H29N3OS. The van der Waals surface area contributed by atoms with Crippen LogP contribution < -0.4 is 5.32 Å². The summed E-state index contributed by atoms with van der Waals surface area (Å²) in [5, 5.41) is 3.25. The first-order valence-electron chi connectivity index (χ1n) is 9.03. The zero-order chi connectivity index (χ0) is 16.9. The Labute approximate surface area is 150 Å². The topological polar surface area (TPSA) is 35.6 Å². The molecule has 1 aromatic carbocycles. The summed E-state index contributed by atoms with van der Waals surface area (Å²) in [6.45, 7) is 4.58. The van der Waals surface area contributed by atoms with Crippen molar-refractivity contribution in [3.05, 3.63) is 29.8 Å². The SMILES string of the molecule is CSc1ccc(C(=O)NC2CCCN(C3CCN(C)CC3)C2)cc1. The Balaban J connectivity index is 1.53. The first kappa shape index (κ1) is 17.8. The molecule has 0 saturated carbocycles. The highest BCUT2D eigenvalue weighted by molar-refractivity contribution is 7.98. The zero-order valence-electron chi connectivity index (χ0n) is 14.8. The van der Waals surface area contributed by atoms with Crippen LogP contribution in [0, 0.1) is 0 Å². The number of hydrogen-bond donors (Lipinski definition) is 1. The molecule has 1 amide bonds. The lowest BCUT2D eigenvalue weighted by atomic mass is 9.98. The summed E-state index contributed by atoms with van der Waals surface area (Å²) in [6, 6.07) is 8.88. The summed E-state index contributed by atoms with van der Waals surface area (Å²) in [5.41, 5.74) is 0.768. The number of nitrogens with one attached hydrogen (secondary N) is 1. The third kappa shape index (κ3) is 4.52. The van der Waals surface area contributed by atoms with Crippen molar-refractivity contribution in [2.24, 2.45) is 0 Å². The van der Waals surface area contributed by atoms with Gasteiger partial charge in [0.2, 0.25) is 0 Å². The maximum atomic E-state index is 12.5. The van der Waals surface area contributed by atoms with Gasteiger partial charge in [0.25, 0.3) is 5.91 Å². The highest BCUT2D eigenvalue weighted by Gasteiger charge is 2.28. The molecule has 3 rings (SSSR count). The van der Waals surface area contributed by atoms with Crippen molar-refractivity contribution in [3.63, 3.8) is 0 Å². The molecule has 4 nitrogen and oxygen atoms in total. The van der Waals surface area contributed by atoms with Crippen molar-refractivity contribution in [1.82, 2.24) is 15.1 Å². The molecule has 2 heterocycles. The number of carbonyl (C=O) groups is 1. The van der Waals surface area contributed by atoms with E-state index < -0.39 is 0 Å². The van der Waals surface area contributed by atoms with Gasteiger partial charge in [0.15, 0.2) is 0 Å². The molecule has 1 N–H and O–H groups in total. The summed E-state index contributed by atoms with van der Waals surface area (Å²) in [5.74, 6) is 0.0675. The van der Waals surface area contributed by atoms with Crippen LogP contribution in [0.25, 0.3) is 0 Å². The summed E-state index contributed by atoms with van der Waals surface area (Å²) in [7, 11) is 2.21. The fourth-order valence-electron chi connectivity index (χ4n) is 3.83. The molecular weight excluding hydrogens is 318 g/mol. The van der Waals surface area contributed by atoms with Crippen LogP contribution in [0.15, 0.2) is 29.2 Å². The van der Waals surface area contributed by atoms with Gasteiger partial charge >= 0.3 is 0 Å². The lowest BCUT2D eigenvalue weighted by molar-refractivity contribution is 0.0766. The second-order valence-electron chi connectivity index (χ2n) is 7.07. The Morgan fingerprint density at radius 3 is 2.50 bits per heavy atom. The molecule has 5 heteroatoms. The molecule has 2 aliphatic heterocycles. The molecule has 0 spiro atoms. The van der Waals surface area contributed by atoms with E-state index in [1.165, 1.54) is 43.8 Å². The van der Waals surface area contributed by atoms with E-state index in [0.717, 1.165) is 18.5 Å². The minimum absolute atomic E-state index is 0.0675. The predicted molar refractivity (Wildman–Crippen MR) is 101 cm³/mol. The van der Waals surface area contributed by atoms with E-state index in [9.17, 15) is 4.79 Å². The third-order valence-corrected chi connectivity index (χ3v) is 6.09. The van der Waals surface area contributed by atoms with Gasteiger partial charge in [0.1, 0.15) is 0 Å². The van der Waals surface area contributed by atoms with Crippen LogP contribution in [0.4, 0.5) is 0 Å². The minimum Gasteiger partial charge on any atom is -0.348 e. The summed E-state index contributed by atoms with van der Waals surface area (Å²) >= 11 is 1.70. The largest absolute Gasteiger partial charge is 0.348 e. The summed E-state index contributed by atoms with van der Waals surface area (Å²) < 4.78 is 0. The quantitative estimate of drug-likeness (QED) is 0.850. The van der Waals surface area contributed by atoms with Gasteiger partial charge in [0, 0.05) is 29.1 Å². The summed E-state index contributed by atoms with van der Waals surface area (Å²) in [6.07, 6.45) is 6.84. The molecule has 0 bridgehead atoms. The van der Waals surface area contributed by atoms with E-state index in [1.807, 2.05) is 24.3 Å². The van der Waals surface area contributed by atoms with Crippen LogP contribution >= 0.6 is 11.8 Å². The number of nitrogens with zero attached hydrogens (tertiary/aromatic N) is 2. The van der Waals surface area contributed by atoms with E-state index in [1.54, 1.807) is 11.8 Å². The number of amides is 1. The molecule has 0 aliphatic carbocycles. The Morgan fingerprint density at radius 1 is 1.12 bits per heavy atom. The number of hydrogen-bond acceptors (Lipinski definition) is 4. The van der Waals surface area contributed by atoms with Crippen molar-refractivity contribution < 1.29 is 4.79 Å². The molecule has 24 heavy (non-hydrogen) atoms. The second kappa shape index (κ2) is 8.37. The molecule has 0 radical (unpaired) electrons. The van der Waals surface area contributed by atoms with Crippen LogP contribution in [0.2, 0.25) is 0 Å². The Morgan fingerprint density at radius 2 is 1.83 bits per heavy atom. The zero-order valence-corrected chi connectivity index (χ0v) is 15.6. The molecule has 1 unspecified atom stereocenters. The predicted octanol–water partition coefficient (Wildman–Crippen LogP) is 2.70. The normalized spacial score (nSPS) is 24.0. The van der Waals surface area contributed by atoms with Crippen LogP contribution in [0.5, 0.6) is 0 Å². The molecule has 0 aromatic heterocycles.